The summed E-state index contributed by atoms with van der Waals surface area (Å²) in [5.41, 5.74) is 1.64. The lowest BCUT2D eigenvalue weighted by Crippen LogP contribution is -2.46. The van der Waals surface area contributed by atoms with E-state index in [0.29, 0.717) is 10.6 Å². The molecule has 0 bridgehead atoms. The Balaban J connectivity index is 1.55. The molecule has 0 spiro atoms. The normalized spacial score (nSPS) is 15.2. The molecule has 0 radical (unpaired) electrons. The Kier molecular flexibility index (Phi) is 5.50. The maximum Gasteiger partial charge on any atom is 0.254 e. The lowest BCUT2D eigenvalue weighted by Gasteiger charge is -2.35. The van der Waals surface area contributed by atoms with E-state index in [-0.39, 0.29) is 5.91 Å². The molecule has 1 saturated heterocycles. The number of halogens is 1. The predicted octanol–water partition coefficient (Wildman–Crippen LogP) is 2.15. The van der Waals surface area contributed by atoms with Crippen LogP contribution in [-0.2, 0) is 6.54 Å². The molecule has 2 aromatic heterocycles. The standard InChI is InChI=1S/C18H22ClN5O/c1-22(2)18(25)14-3-6-17(21-11-14)24-9-7-23(8-10-24)13-16-5-4-15(19)12-20-16/h3-6,11-12H,7-10,13H2,1-2H3. The maximum atomic E-state index is 11.9. The largest absolute Gasteiger partial charge is 0.354 e. The van der Waals surface area contributed by atoms with Gasteiger partial charge in [-0.3, -0.25) is 14.7 Å². The summed E-state index contributed by atoms with van der Waals surface area (Å²) in [5.74, 6) is 0.888. The molecule has 7 heteroatoms. The van der Waals surface area contributed by atoms with Crippen LogP contribution in [0.5, 0.6) is 0 Å². The van der Waals surface area contributed by atoms with Gasteiger partial charge in [-0.2, -0.15) is 0 Å². The summed E-state index contributed by atoms with van der Waals surface area (Å²) in [6, 6.07) is 7.61. The molecular weight excluding hydrogens is 338 g/mol. The van der Waals surface area contributed by atoms with Gasteiger partial charge in [0.05, 0.1) is 16.3 Å². The second-order valence-electron chi connectivity index (χ2n) is 6.34. The number of anilines is 1. The Hall–Kier alpha value is -2.18. The molecule has 25 heavy (non-hydrogen) atoms. The van der Waals surface area contributed by atoms with Crippen LogP contribution in [-0.4, -0.2) is 65.9 Å². The lowest BCUT2D eigenvalue weighted by molar-refractivity contribution is 0.0827. The van der Waals surface area contributed by atoms with E-state index in [1.807, 2.05) is 24.3 Å². The highest BCUT2D eigenvalue weighted by atomic mass is 35.5. The van der Waals surface area contributed by atoms with E-state index in [1.165, 1.54) is 0 Å². The Bertz CT molecular complexity index is 709. The summed E-state index contributed by atoms with van der Waals surface area (Å²) in [6.07, 6.45) is 3.34. The van der Waals surface area contributed by atoms with Crippen molar-refractivity contribution in [2.45, 2.75) is 6.54 Å². The molecule has 2 aromatic rings. The summed E-state index contributed by atoms with van der Waals surface area (Å²) >= 11 is 5.88. The number of rotatable bonds is 4. The highest BCUT2D eigenvalue weighted by Crippen LogP contribution is 2.16. The average Bonchev–Trinajstić information content (AvgIpc) is 2.64. The third-order valence-electron chi connectivity index (χ3n) is 4.27. The number of pyridine rings is 2. The van der Waals surface area contributed by atoms with Crippen molar-refractivity contribution in [3.05, 3.63) is 52.9 Å². The van der Waals surface area contributed by atoms with Crippen LogP contribution in [0.2, 0.25) is 5.02 Å². The van der Waals surface area contributed by atoms with E-state index < -0.39 is 0 Å². The van der Waals surface area contributed by atoms with Crippen molar-refractivity contribution in [2.75, 3.05) is 45.2 Å². The summed E-state index contributed by atoms with van der Waals surface area (Å²) < 4.78 is 0. The molecule has 0 aromatic carbocycles. The first-order valence-corrected chi connectivity index (χ1v) is 8.66. The van der Waals surface area contributed by atoms with Crippen LogP contribution in [0.15, 0.2) is 36.7 Å². The molecule has 0 aliphatic carbocycles. The summed E-state index contributed by atoms with van der Waals surface area (Å²) in [7, 11) is 3.48. The molecule has 6 nitrogen and oxygen atoms in total. The topological polar surface area (TPSA) is 52.6 Å². The minimum Gasteiger partial charge on any atom is -0.354 e. The number of carbonyl (C=O) groups is 1. The number of hydrogen-bond acceptors (Lipinski definition) is 5. The Labute approximate surface area is 153 Å². The van der Waals surface area contributed by atoms with Gasteiger partial charge >= 0.3 is 0 Å². The second-order valence-corrected chi connectivity index (χ2v) is 6.77. The molecule has 0 N–H and O–H groups in total. The molecule has 0 unspecified atom stereocenters. The van der Waals surface area contributed by atoms with E-state index in [9.17, 15) is 4.79 Å². The fourth-order valence-corrected chi connectivity index (χ4v) is 2.93. The van der Waals surface area contributed by atoms with Gasteiger partial charge in [-0.15, -0.1) is 0 Å². The number of aromatic nitrogens is 2. The lowest BCUT2D eigenvalue weighted by atomic mass is 10.2. The Morgan fingerprint density at radius 3 is 2.40 bits per heavy atom. The van der Waals surface area contributed by atoms with Gasteiger partial charge in [-0.1, -0.05) is 11.6 Å². The zero-order valence-corrected chi connectivity index (χ0v) is 15.3. The third kappa shape index (κ3) is 4.46. The fourth-order valence-electron chi connectivity index (χ4n) is 2.82. The van der Waals surface area contributed by atoms with E-state index >= 15 is 0 Å². The first-order chi connectivity index (χ1) is 12.0. The molecule has 1 amide bonds. The monoisotopic (exact) mass is 359 g/mol. The highest BCUT2D eigenvalue weighted by molar-refractivity contribution is 6.30. The van der Waals surface area contributed by atoms with Gasteiger partial charge in [0.1, 0.15) is 5.82 Å². The van der Waals surface area contributed by atoms with Crippen molar-refractivity contribution in [3.63, 3.8) is 0 Å². The molecule has 132 valence electrons. The SMILES string of the molecule is CN(C)C(=O)c1ccc(N2CCN(Cc3ccc(Cl)cn3)CC2)nc1. The molecule has 1 aliphatic rings. The molecule has 0 saturated carbocycles. The molecule has 3 rings (SSSR count). The van der Waals surface area contributed by atoms with Crippen molar-refractivity contribution in [3.8, 4) is 0 Å². The van der Waals surface area contributed by atoms with E-state index in [2.05, 4.69) is 19.8 Å². The van der Waals surface area contributed by atoms with E-state index in [4.69, 9.17) is 11.6 Å². The van der Waals surface area contributed by atoms with Crippen molar-refractivity contribution in [2.24, 2.45) is 0 Å². The van der Waals surface area contributed by atoms with Gasteiger partial charge in [0, 0.05) is 59.2 Å². The fraction of sp³-hybridized carbons (Fsp3) is 0.389. The van der Waals surface area contributed by atoms with Gasteiger partial charge in [0.15, 0.2) is 0 Å². The highest BCUT2D eigenvalue weighted by Gasteiger charge is 2.19. The Morgan fingerprint density at radius 1 is 1.08 bits per heavy atom. The number of piperazine rings is 1. The summed E-state index contributed by atoms with van der Waals surface area (Å²) in [4.78, 5) is 26.9. The molecule has 1 fully saturated rings. The molecule has 3 heterocycles. The van der Waals surface area contributed by atoms with Gasteiger partial charge in [0.25, 0.3) is 5.91 Å². The van der Waals surface area contributed by atoms with E-state index in [1.54, 1.807) is 31.4 Å². The summed E-state index contributed by atoms with van der Waals surface area (Å²) in [6.45, 7) is 4.53. The predicted molar refractivity (Wildman–Crippen MR) is 99.0 cm³/mol. The van der Waals surface area contributed by atoms with Gasteiger partial charge in [0.2, 0.25) is 0 Å². The maximum absolute atomic E-state index is 11.9. The average molecular weight is 360 g/mol. The number of nitrogens with zero attached hydrogens (tertiary/aromatic N) is 5. The number of carbonyl (C=O) groups excluding carboxylic acids is 1. The van der Waals surface area contributed by atoms with Crippen molar-refractivity contribution in [1.29, 1.82) is 0 Å². The smallest absolute Gasteiger partial charge is 0.254 e. The quantitative estimate of drug-likeness (QED) is 0.837. The zero-order valence-electron chi connectivity index (χ0n) is 14.5. The zero-order chi connectivity index (χ0) is 17.8. The van der Waals surface area contributed by atoms with Crippen LogP contribution in [0.3, 0.4) is 0 Å². The molecule has 0 atom stereocenters. The second kappa shape index (κ2) is 7.80. The van der Waals surface area contributed by atoms with E-state index in [0.717, 1.165) is 44.2 Å². The van der Waals surface area contributed by atoms with Crippen molar-refractivity contribution < 1.29 is 4.79 Å². The minimum absolute atomic E-state index is 0.0284. The molecule has 1 aliphatic heterocycles. The van der Waals surface area contributed by atoms with Crippen LogP contribution in [0.25, 0.3) is 0 Å². The minimum atomic E-state index is -0.0284. The van der Waals surface area contributed by atoms with Crippen LogP contribution in [0.1, 0.15) is 16.1 Å². The van der Waals surface area contributed by atoms with Gasteiger partial charge < -0.3 is 9.80 Å². The van der Waals surface area contributed by atoms with Gasteiger partial charge in [-0.05, 0) is 24.3 Å². The number of hydrogen-bond donors (Lipinski definition) is 0. The number of amides is 1. The third-order valence-corrected chi connectivity index (χ3v) is 4.50. The van der Waals surface area contributed by atoms with Crippen LogP contribution >= 0.6 is 11.6 Å². The van der Waals surface area contributed by atoms with Crippen LogP contribution in [0, 0.1) is 0 Å². The summed E-state index contributed by atoms with van der Waals surface area (Å²) in [5, 5.41) is 0.663. The first-order valence-electron chi connectivity index (χ1n) is 8.28. The van der Waals surface area contributed by atoms with Gasteiger partial charge in [-0.25, -0.2) is 4.98 Å². The Morgan fingerprint density at radius 2 is 1.84 bits per heavy atom. The van der Waals surface area contributed by atoms with Crippen LogP contribution in [0.4, 0.5) is 5.82 Å². The van der Waals surface area contributed by atoms with Crippen molar-refractivity contribution in [1.82, 2.24) is 19.8 Å². The van der Waals surface area contributed by atoms with Crippen LogP contribution < -0.4 is 4.90 Å². The van der Waals surface area contributed by atoms with Crippen molar-refractivity contribution >= 4 is 23.3 Å². The molecular formula is C18H22ClN5O. The first kappa shape index (κ1) is 17.6.